The summed E-state index contributed by atoms with van der Waals surface area (Å²) in [5.41, 5.74) is 2.49. The van der Waals surface area contributed by atoms with Crippen molar-refractivity contribution in [2.24, 2.45) is 4.99 Å². The van der Waals surface area contributed by atoms with E-state index in [1.165, 1.54) is 5.56 Å². The summed E-state index contributed by atoms with van der Waals surface area (Å²) in [6.07, 6.45) is 1.92. The Labute approximate surface area is 178 Å². The lowest BCUT2D eigenvalue weighted by Crippen LogP contribution is -2.46. The molecule has 2 N–H and O–H groups in total. The Morgan fingerprint density at radius 3 is 2.54 bits per heavy atom. The fourth-order valence-electron chi connectivity index (χ4n) is 2.59. The number of benzene rings is 1. The van der Waals surface area contributed by atoms with Crippen molar-refractivity contribution in [3.8, 4) is 0 Å². The largest absolute Gasteiger partial charge is 0.356 e. The van der Waals surface area contributed by atoms with Crippen LogP contribution in [0.15, 0.2) is 40.7 Å². The number of hydrogen-bond donors (Lipinski definition) is 2. The van der Waals surface area contributed by atoms with Crippen molar-refractivity contribution in [1.29, 1.82) is 0 Å². The third-order valence-electron chi connectivity index (χ3n) is 4.11. The topological polar surface area (TPSA) is 52.6 Å². The first kappa shape index (κ1) is 22.9. The van der Waals surface area contributed by atoms with E-state index in [0.29, 0.717) is 6.04 Å². The number of nitrogens with zero attached hydrogens (tertiary/aromatic N) is 3. The van der Waals surface area contributed by atoms with Gasteiger partial charge in [-0.15, -0.1) is 35.3 Å². The van der Waals surface area contributed by atoms with Crippen LogP contribution in [-0.4, -0.2) is 56.1 Å². The van der Waals surface area contributed by atoms with E-state index >= 15 is 0 Å². The van der Waals surface area contributed by atoms with E-state index in [4.69, 9.17) is 0 Å². The summed E-state index contributed by atoms with van der Waals surface area (Å²) in [5, 5.41) is 10.1. The van der Waals surface area contributed by atoms with Gasteiger partial charge in [-0.3, -0.25) is 4.99 Å². The summed E-state index contributed by atoms with van der Waals surface area (Å²) in [6, 6.07) is 11.0. The average Bonchev–Trinajstić information content (AvgIpc) is 3.02. The second-order valence-electron chi connectivity index (χ2n) is 6.29. The first-order valence-electron chi connectivity index (χ1n) is 8.64. The van der Waals surface area contributed by atoms with Crippen LogP contribution in [0.25, 0.3) is 0 Å². The fraction of sp³-hybridized carbons (Fsp3) is 0.474. The van der Waals surface area contributed by atoms with Crippen molar-refractivity contribution in [1.82, 2.24) is 20.5 Å². The van der Waals surface area contributed by atoms with E-state index in [9.17, 15) is 0 Å². The number of aliphatic imine (C=N–C) groups is 1. The molecule has 1 atom stereocenters. The Balaban J connectivity index is 0.00000338. The number of halogens is 1. The van der Waals surface area contributed by atoms with Gasteiger partial charge in [0.2, 0.25) is 0 Å². The van der Waals surface area contributed by atoms with Gasteiger partial charge in [-0.25, -0.2) is 4.98 Å². The monoisotopic (exact) mass is 487 g/mol. The first-order chi connectivity index (χ1) is 12.1. The summed E-state index contributed by atoms with van der Waals surface area (Å²) < 4.78 is 0. The summed E-state index contributed by atoms with van der Waals surface area (Å²) in [5.74, 6) is 0.840. The van der Waals surface area contributed by atoms with Gasteiger partial charge >= 0.3 is 0 Å². The van der Waals surface area contributed by atoms with Crippen molar-refractivity contribution in [3.63, 3.8) is 0 Å². The zero-order chi connectivity index (χ0) is 18.1. The Kier molecular flexibility index (Phi) is 10.8. The summed E-state index contributed by atoms with van der Waals surface area (Å²) >= 11 is 1.70. The predicted molar refractivity (Wildman–Crippen MR) is 123 cm³/mol. The smallest absolute Gasteiger partial charge is 0.191 e. The second-order valence-corrected chi connectivity index (χ2v) is 7.36. The van der Waals surface area contributed by atoms with E-state index in [1.54, 1.807) is 11.3 Å². The van der Waals surface area contributed by atoms with Gasteiger partial charge in [0, 0.05) is 38.0 Å². The summed E-state index contributed by atoms with van der Waals surface area (Å²) in [6.45, 7) is 3.71. The van der Waals surface area contributed by atoms with Crippen LogP contribution in [0.1, 0.15) is 16.3 Å². The molecular formula is C19H30IN5S. The van der Waals surface area contributed by atoms with E-state index in [0.717, 1.165) is 42.6 Å². The van der Waals surface area contributed by atoms with E-state index in [-0.39, 0.29) is 24.0 Å². The van der Waals surface area contributed by atoms with Crippen molar-refractivity contribution in [2.75, 3.05) is 34.2 Å². The first-order valence-corrected chi connectivity index (χ1v) is 9.52. The molecule has 0 saturated heterocycles. The van der Waals surface area contributed by atoms with Gasteiger partial charge in [-0.2, -0.15) is 0 Å². The van der Waals surface area contributed by atoms with Crippen LogP contribution in [0, 0.1) is 6.92 Å². The van der Waals surface area contributed by atoms with Crippen LogP contribution < -0.4 is 10.6 Å². The number of guanidine groups is 1. The molecule has 144 valence electrons. The zero-order valence-corrected chi connectivity index (χ0v) is 19.2. The van der Waals surface area contributed by atoms with Gasteiger partial charge in [0.05, 0.1) is 10.7 Å². The number of thiazole rings is 1. The molecule has 1 heterocycles. The lowest BCUT2D eigenvalue weighted by Gasteiger charge is -2.25. The van der Waals surface area contributed by atoms with Gasteiger partial charge < -0.3 is 15.5 Å². The van der Waals surface area contributed by atoms with Crippen LogP contribution in [0.5, 0.6) is 0 Å². The predicted octanol–water partition coefficient (Wildman–Crippen LogP) is 2.95. The number of aryl methyl sites for hydroxylation is 1. The normalized spacial score (nSPS) is 12.6. The number of hydrogen-bond acceptors (Lipinski definition) is 4. The minimum absolute atomic E-state index is 0. The minimum Gasteiger partial charge on any atom is -0.356 e. The molecule has 26 heavy (non-hydrogen) atoms. The standard InChI is InChI=1S/C19H29N5S.HI/c1-15-23-17(14-25-15)10-11-21-19(20-2)22-13-18(24(3)4)12-16-8-6-5-7-9-16;/h5-9,14,18H,10-13H2,1-4H3,(H2,20,21,22);1H. The van der Waals surface area contributed by atoms with Gasteiger partial charge in [0.15, 0.2) is 5.96 Å². The highest BCUT2D eigenvalue weighted by atomic mass is 127. The highest BCUT2D eigenvalue weighted by Gasteiger charge is 2.13. The maximum absolute atomic E-state index is 4.49. The molecular weight excluding hydrogens is 457 g/mol. The Morgan fingerprint density at radius 1 is 1.23 bits per heavy atom. The lowest BCUT2D eigenvalue weighted by molar-refractivity contribution is 0.290. The molecule has 0 aliphatic heterocycles. The highest BCUT2D eigenvalue weighted by Crippen LogP contribution is 2.08. The molecule has 0 aliphatic rings. The van der Waals surface area contributed by atoms with Crippen LogP contribution in [0.4, 0.5) is 0 Å². The van der Waals surface area contributed by atoms with Gasteiger partial charge in [0.1, 0.15) is 0 Å². The molecule has 1 unspecified atom stereocenters. The molecule has 0 aliphatic carbocycles. The van der Waals surface area contributed by atoms with E-state index in [1.807, 2.05) is 14.0 Å². The maximum Gasteiger partial charge on any atom is 0.191 e. The Hall–Kier alpha value is -1.19. The lowest BCUT2D eigenvalue weighted by atomic mass is 10.1. The molecule has 2 aromatic rings. The molecule has 0 radical (unpaired) electrons. The summed E-state index contributed by atoms with van der Waals surface area (Å²) in [7, 11) is 6.05. The molecule has 0 fully saturated rings. The summed E-state index contributed by atoms with van der Waals surface area (Å²) in [4.78, 5) is 11.1. The molecule has 0 bridgehead atoms. The quantitative estimate of drug-likeness (QED) is 0.342. The van der Waals surface area contributed by atoms with Gasteiger partial charge in [-0.1, -0.05) is 30.3 Å². The van der Waals surface area contributed by atoms with Gasteiger partial charge in [0.25, 0.3) is 0 Å². The number of likely N-dealkylation sites (N-methyl/N-ethyl adjacent to an activating group) is 1. The molecule has 0 spiro atoms. The molecule has 0 amide bonds. The van der Waals surface area contributed by atoms with Crippen LogP contribution in [0.2, 0.25) is 0 Å². The van der Waals surface area contributed by atoms with Crippen LogP contribution in [-0.2, 0) is 12.8 Å². The fourth-order valence-corrected chi connectivity index (χ4v) is 3.24. The van der Waals surface area contributed by atoms with E-state index < -0.39 is 0 Å². The van der Waals surface area contributed by atoms with Crippen molar-refractivity contribution in [2.45, 2.75) is 25.8 Å². The molecule has 0 saturated carbocycles. The average molecular weight is 487 g/mol. The van der Waals surface area contributed by atoms with E-state index in [2.05, 4.69) is 75.3 Å². The maximum atomic E-state index is 4.49. The SMILES string of the molecule is CN=C(NCCc1csc(C)n1)NCC(Cc1ccccc1)N(C)C.I. The Morgan fingerprint density at radius 2 is 1.96 bits per heavy atom. The van der Waals surface area contributed by atoms with Crippen molar-refractivity contribution < 1.29 is 0 Å². The number of nitrogens with one attached hydrogen (secondary N) is 2. The molecule has 1 aromatic carbocycles. The third-order valence-corrected chi connectivity index (χ3v) is 4.94. The van der Waals surface area contributed by atoms with Crippen LogP contribution >= 0.6 is 35.3 Å². The van der Waals surface area contributed by atoms with Crippen molar-refractivity contribution in [3.05, 3.63) is 52.0 Å². The third kappa shape index (κ3) is 8.01. The van der Waals surface area contributed by atoms with Crippen molar-refractivity contribution >= 4 is 41.3 Å². The number of aromatic nitrogens is 1. The van der Waals surface area contributed by atoms with Gasteiger partial charge in [-0.05, 0) is 33.0 Å². The molecule has 7 heteroatoms. The number of rotatable bonds is 8. The highest BCUT2D eigenvalue weighted by molar-refractivity contribution is 14.0. The zero-order valence-electron chi connectivity index (χ0n) is 16.0. The molecule has 1 aromatic heterocycles. The molecule has 5 nitrogen and oxygen atoms in total. The second kappa shape index (κ2) is 12.2. The minimum atomic E-state index is 0. The van der Waals surface area contributed by atoms with Crippen LogP contribution in [0.3, 0.4) is 0 Å². The molecule has 2 rings (SSSR count). The Bertz CT molecular complexity index is 657.